The maximum Gasteiger partial charge on any atom is 0.221 e. The summed E-state index contributed by atoms with van der Waals surface area (Å²) in [6.07, 6.45) is 1.37. The summed E-state index contributed by atoms with van der Waals surface area (Å²) in [7, 11) is 3.89. The highest BCUT2D eigenvalue weighted by molar-refractivity contribution is 6.30. The average molecular weight is 314 g/mol. The van der Waals surface area contributed by atoms with Crippen LogP contribution in [0.25, 0.3) is 0 Å². The summed E-state index contributed by atoms with van der Waals surface area (Å²) in [6, 6.07) is 4.94. The van der Waals surface area contributed by atoms with Gasteiger partial charge in [-0.2, -0.15) is 0 Å². The van der Waals surface area contributed by atoms with Crippen LogP contribution in [0.2, 0.25) is 5.02 Å². The first kappa shape index (κ1) is 16.0. The fourth-order valence-electron chi connectivity index (χ4n) is 2.42. The van der Waals surface area contributed by atoms with Gasteiger partial charge in [-0.1, -0.05) is 11.6 Å². The van der Waals surface area contributed by atoms with Gasteiger partial charge in [-0.25, -0.2) is 4.39 Å². The van der Waals surface area contributed by atoms with Gasteiger partial charge < -0.3 is 15.1 Å². The molecule has 1 aromatic rings. The third kappa shape index (κ3) is 4.58. The first-order valence-corrected chi connectivity index (χ1v) is 7.47. The standard InChI is InChI=1S/C15H21ClFN3O/c1-19(2)7-6-15(21)18-11-5-8-20(10-11)12-3-4-13(16)14(17)9-12/h3-4,9,11H,5-8,10H2,1-2H3,(H,18,21). The number of amides is 1. The molecule has 2 rings (SSSR count). The summed E-state index contributed by atoms with van der Waals surface area (Å²) < 4.78 is 13.5. The SMILES string of the molecule is CN(C)CCC(=O)NC1CCN(c2ccc(Cl)c(F)c2)C1. The summed E-state index contributed by atoms with van der Waals surface area (Å²) in [5.41, 5.74) is 0.807. The van der Waals surface area contributed by atoms with Crippen molar-refractivity contribution in [2.24, 2.45) is 0 Å². The molecule has 0 aromatic heterocycles. The van der Waals surface area contributed by atoms with Gasteiger partial charge in [0.1, 0.15) is 5.82 Å². The molecule has 1 unspecified atom stereocenters. The van der Waals surface area contributed by atoms with Gasteiger partial charge in [0.25, 0.3) is 0 Å². The van der Waals surface area contributed by atoms with E-state index in [4.69, 9.17) is 11.6 Å². The van der Waals surface area contributed by atoms with Crippen molar-refractivity contribution < 1.29 is 9.18 Å². The van der Waals surface area contributed by atoms with Crippen molar-refractivity contribution in [2.45, 2.75) is 18.9 Å². The summed E-state index contributed by atoms with van der Waals surface area (Å²) in [5.74, 6) is -0.342. The van der Waals surface area contributed by atoms with Gasteiger partial charge in [0.05, 0.1) is 5.02 Å². The Hall–Kier alpha value is -1.33. The van der Waals surface area contributed by atoms with E-state index in [1.54, 1.807) is 6.07 Å². The number of halogens is 2. The molecule has 1 N–H and O–H groups in total. The molecule has 1 fully saturated rings. The Labute approximate surface area is 129 Å². The van der Waals surface area contributed by atoms with Crippen LogP contribution in [0.3, 0.4) is 0 Å². The van der Waals surface area contributed by atoms with E-state index in [9.17, 15) is 9.18 Å². The maximum absolute atomic E-state index is 13.5. The molecule has 0 saturated carbocycles. The molecule has 1 saturated heterocycles. The molecule has 21 heavy (non-hydrogen) atoms. The third-order valence-corrected chi connectivity index (χ3v) is 3.91. The molecular formula is C15H21ClFN3O. The van der Waals surface area contributed by atoms with E-state index in [1.807, 2.05) is 25.1 Å². The van der Waals surface area contributed by atoms with Crippen molar-refractivity contribution in [2.75, 3.05) is 38.6 Å². The lowest BCUT2D eigenvalue weighted by atomic mass is 10.2. The van der Waals surface area contributed by atoms with Gasteiger partial charge >= 0.3 is 0 Å². The van der Waals surface area contributed by atoms with Gasteiger partial charge in [-0.05, 0) is 38.7 Å². The molecule has 0 spiro atoms. The number of carbonyl (C=O) groups excluding carboxylic acids is 1. The molecule has 0 radical (unpaired) electrons. The highest BCUT2D eigenvalue weighted by atomic mass is 35.5. The number of carbonyl (C=O) groups is 1. The minimum absolute atomic E-state index is 0.0674. The highest BCUT2D eigenvalue weighted by Crippen LogP contribution is 2.25. The van der Waals surface area contributed by atoms with E-state index in [0.717, 1.165) is 25.2 Å². The lowest BCUT2D eigenvalue weighted by Crippen LogP contribution is -2.38. The molecule has 116 valence electrons. The van der Waals surface area contributed by atoms with Crippen molar-refractivity contribution in [1.82, 2.24) is 10.2 Å². The van der Waals surface area contributed by atoms with Crippen molar-refractivity contribution in [3.8, 4) is 0 Å². The normalized spacial score (nSPS) is 18.3. The summed E-state index contributed by atoms with van der Waals surface area (Å²) >= 11 is 5.69. The second kappa shape index (κ2) is 7.09. The Morgan fingerprint density at radius 1 is 1.52 bits per heavy atom. The summed E-state index contributed by atoms with van der Waals surface area (Å²) in [4.78, 5) is 15.9. The maximum atomic E-state index is 13.5. The molecule has 1 heterocycles. The van der Waals surface area contributed by atoms with Crippen LogP contribution in [0.15, 0.2) is 18.2 Å². The molecule has 0 aliphatic carbocycles. The minimum Gasteiger partial charge on any atom is -0.369 e. The van der Waals surface area contributed by atoms with E-state index >= 15 is 0 Å². The molecule has 1 atom stereocenters. The van der Waals surface area contributed by atoms with Crippen LogP contribution in [-0.2, 0) is 4.79 Å². The molecular weight excluding hydrogens is 293 g/mol. The van der Waals surface area contributed by atoms with Crippen LogP contribution >= 0.6 is 11.6 Å². The fraction of sp³-hybridized carbons (Fsp3) is 0.533. The number of hydrogen-bond donors (Lipinski definition) is 1. The fourth-order valence-corrected chi connectivity index (χ4v) is 2.54. The van der Waals surface area contributed by atoms with Crippen molar-refractivity contribution in [3.05, 3.63) is 29.0 Å². The van der Waals surface area contributed by atoms with Crippen LogP contribution in [0.4, 0.5) is 10.1 Å². The Balaban J connectivity index is 1.85. The minimum atomic E-state index is -0.410. The lowest BCUT2D eigenvalue weighted by molar-refractivity contribution is -0.121. The van der Waals surface area contributed by atoms with Gasteiger partial charge in [-0.3, -0.25) is 4.79 Å². The highest BCUT2D eigenvalue weighted by Gasteiger charge is 2.24. The van der Waals surface area contributed by atoms with Gasteiger partial charge in [0.15, 0.2) is 0 Å². The van der Waals surface area contributed by atoms with E-state index in [0.29, 0.717) is 13.0 Å². The Morgan fingerprint density at radius 2 is 2.29 bits per heavy atom. The lowest BCUT2D eigenvalue weighted by Gasteiger charge is -2.19. The molecule has 1 aliphatic heterocycles. The second-order valence-electron chi connectivity index (χ2n) is 5.65. The Morgan fingerprint density at radius 3 is 2.95 bits per heavy atom. The zero-order valence-electron chi connectivity index (χ0n) is 12.4. The van der Waals surface area contributed by atoms with E-state index in [1.165, 1.54) is 6.07 Å². The topological polar surface area (TPSA) is 35.6 Å². The van der Waals surface area contributed by atoms with E-state index in [2.05, 4.69) is 10.2 Å². The van der Waals surface area contributed by atoms with Crippen molar-refractivity contribution >= 4 is 23.2 Å². The quantitative estimate of drug-likeness (QED) is 0.904. The number of hydrogen-bond acceptors (Lipinski definition) is 3. The number of nitrogens with one attached hydrogen (secondary N) is 1. The largest absolute Gasteiger partial charge is 0.369 e. The number of rotatable bonds is 5. The van der Waals surface area contributed by atoms with Gasteiger partial charge in [0.2, 0.25) is 5.91 Å². The summed E-state index contributed by atoms with van der Waals surface area (Å²) in [5, 5.41) is 3.16. The van der Waals surface area contributed by atoms with Gasteiger partial charge in [-0.15, -0.1) is 0 Å². The predicted octanol–water partition coefficient (Wildman–Crippen LogP) is 2.13. The second-order valence-corrected chi connectivity index (χ2v) is 6.06. The monoisotopic (exact) mass is 313 g/mol. The summed E-state index contributed by atoms with van der Waals surface area (Å²) in [6.45, 7) is 2.25. The van der Waals surface area contributed by atoms with E-state index < -0.39 is 5.82 Å². The third-order valence-electron chi connectivity index (χ3n) is 3.61. The number of benzene rings is 1. The molecule has 1 aromatic carbocycles. The molecule has 1 aliphatic rings. The van der Waals surface area contributed by atoms with Crippen molar-refractivity contribution in [3.63, 3.8) is 0 Å². The molecule has 6 heteroatoms. The van der Waals surface area contributed by atoms with Gasteiger partial charge in [0, 0.05) is 37.8 Å². The smallest absolute Gasteiger partial charge is 0.221 e. The molecule has 4 nitrogen and oxygen atoms in total. The van der Waals surface area contributed by atoms with Crippen LogP contribution in [0.5, 0.6) is 0 Å². The number of nitrogens with zero attached hydrogens (tertiary/aromatic N) is 2. The van der Waals surface area contributed by atoms with E-state index in [-0.39, 0.29) is 17.0 Å². The molecule has 1 amide bonds. The average Bonchev–Trinajstić information content (AvgIpc) is 2.88. The number of anilines is 1. The van der Waals surface area contributed by atoms with Crippen LogP contribution < -0.4 is 10.2 Å². The zero-order valence-corrected chi connectivity index (χ0v) is 13.2. The zero-order chi connectivity index (χ0) is 15.4. The first-order chi connectivity index (χ1) is 9.95. The Kier molecular flexibility index (Phi) is 5.42. The van der Waals surface area contributed by atoms with Crippen LogP contribution in [-0.4, -0.2) is 50.6 Å². The Bertz CT molecular complexity index is 510. The van der Waals surface area contributed by atoms with Crippen LogP contribution in [0, 0.1) is 5.82 Å². The van der Waals surface area contributed by atoms with Crippen molar-refractivity contribution in [1.29, 1.82) is 0 Å². The molecule has 0 bridgehead atoms. The predicted molar refractivity (Wildman–Crippen MR) is 83.3 cm³/mol. The first-order valence-electron chi connectivity index (χ1n) is 7.10. The van der Waals surface area contributed by atoms with Crippen LogP contribution in [0.1, 0.15) is 12.8 Å².